The van der Waals surface area contributed by atoms with Crippen LogP contribution in [0.5, 0.6) is 5.75 Å². The summed E-state index contributed by atoms with van der Waals surface area (Å²) in [5.41, 5.74) is 6.68. The SMILES string of the molecule is Cc1oc2ccc(OCc3ccn(C)n3)cc2c1C(=O)NC(CO)C(N)=O. The van der Waals surface area contributed by atoms with Crippen LogP contribution in [0.4, 0.5) is 0 Å². The Morgan fingerprint density at radius 1 is 1.41 bits per heavy atom. The van der Waals surface area contributed by atoms with Crippen molar-refractivity contribution in [1.82, 2.24) is 15.1 Å². The van der Waals surface area contributed by atoms with Gasteiger partial charge in [0.25, 0.3) is 5.91 Å². The number of primary amides is 1. The third kappa shape index (κ3) is 3.93. The monoisotopic (exact) mass is 372 g/mol. The van der Waals surface area contributed by atoms with Crippen molar-refractivity contribution in [1.29, 1.82) is 0 Å². The second-order valence-electron chi connectivity index (χ2n) is 6.07. The number of amides is 2. The van der Waals surface area contributed by atoms with Gasteiger partial charge in [0.2, 0.25) is 5.91 Å². The van der Waals surface area contributed by atoms with Crippen LogP contribution in [0.3, 0.4) is 0 Å². The Morgan fingerprint density at radius 3 is 2.81 bits per heavy atom. The van der Waals surface area contributed by atoms with Crippen molar-refractivity contribution in [3.05, 3.63) is 47.5 Å². The van der Waals surface area contributed by atoms with Crippen molar-refractivity contribution in [2.24, 2.45) is 12.8 Å². The highest BCUT2D eigenvalue weighted by Gasteiger charge is 2.23. The summed E-state index contributed by atoms with van der Waals surface area (Å²) in [6.07, 6.45) is 1.82. The zero-order valence-corrected chi connectivity index (χ0v) is 14.9. The number of nitrogens with two attached hydrogens (primary N) is 1. The molecule has 27 heavy (non-hydrogen) atoms. The number of furan rings is 1. The van der Waals surface area contributed by atoms with E-state index >= 15 is 0 Å². The maximum Gasteiger partial charge on any atom is 0.256 e. The van der Waals surface area contributed by atoms with E-state index in [9.17, 15) is 14.7 Å². The number of ether oxygens (including phenoxy) is 1. The average Bonchev–Trinajstić information content (AvgIpc) is 3.19. The molecule has 0 spiro atoms. The number of aliphatic hydroxyl groups excluding tert-OH is 1. The minimum absolute atomic E-state index is 0.257. The highest BCUT2D eigenvalue weighted by atomic mass is 16.5. The molecule has 2 heterocycles. The van der Waals surface area contributed by atoms with Crippen molar-refractivity contribution < 1.29 is 23.8 Å². The van der Waals surface area contributed by atoms with Crippen LogP contribution in [0.1, 0.15) is 21.8 Å². The molecule has 3 rings (SSSR count). The lowest BCUT2D eigenvalue weighted by molar-refractivity contribution is -0.120. The lowest BCUT2D eigenvalue weighted by atomic mass is 10.1. The molecule has 0 aliphatic carbocycles. The Hall–Kier alpha value is -3.33. The van der Waals surface area contributed by atoms with E-state index in [4.69, 9.17) is 14.9 Å². The van der Waals surface area contributed by atoms with Crippen molar-refractivity contribution in [3.8, 4) is 5.75 Å². The van der Waals surface area contributed by atoms with E-state index in [1.54, 1.807) is 29.8 Å². The predicted molar refractivity (Wildman–Crippen MR) is 96.0 cm³/mol. The minimum atomic E-state index is -1.18. The zero-order chi connectivity index (χ0) is 19.6. The number of rotatable bonds is 7. The van der Waals surface area contributed by atoms with Gasteiger partial charge < -0.3 is 25.3 Å². The van der Waals surface area contributed by atoms with Crippen LogP contribution in [-0.2, 0) is 18.4 Å². The Labute approximate surface area is 154 Å². The first-order valence-electron chi connectivity index (χ1n) is 8.24. The van der Waals surface area contributed by atoms with Gasteiger partial charge in [0.15, 0.2) is 0 Å². The summed E-state index contributed by atoms with van der Waals surface area (Å²) in [4.78, 5) is 23.8. The molecule has 1 aromatic carbocycles. The first kappa shape index (κ1) is 18.5. The molecular formula is C18H20N4O5. The van der Waals surface area contributed by atoms with E-state index in [0.717, 1.165) is 5.69 Å². The molecule has 0 aliphatic rings. The molecule has 2 aromatic heterocycles. The van der Waals surface area contributed by atoms with Gasteiger partial charge in [0, 0.05) is 18.6 Å². The number of hydrogen-bond acceptors (Lipinski definition) is 6. The maximum absolute atomic E-state index is 12.6. The zero-order valence-electron chi connectivity index (χ0n) is 14.9. The predicted octanol–water partition coefficient (Wildman–Crippen LogP) is 0.630. The highest BCUT2D eigenvalue weighted by molar-refractivity contribution is 6.08. The number of hydrogen-bond donors (Lipinski definition) is 3. The van der Waals surface area contributed by atoms with E-state index in [-0.39, 0.29) is 12.2 Å². The van der Waals surface area contributed by atoms with E-state index in [1.807, 2.05) is 19.3 Å². The topological polar surface area (TPSA) is 133 Å². The molecule has 0 bridgehead atoms. The van der Waals surface area contributed by atoms with Gasteiger partial charge in [-0.05, 0) is 31.2 Å². The maximum atomic E-state index is 12.6. The van der Waals surface area contributed by atoms with Gasteiger partial charge in [-0.1, -0.05) is 0 Å². The van der Waals surface area contributed by atoms with E-state index < -0.39 is 24.5 Å². The van der Waals surface area contributed by atoms with Crippen LogP contribution in [0.2, 0.25) is 0 Å². The van der Waals surface area contributed by atoms with E-state index in [1.165, 1.54) is 0 Å². The summed E-state index contributed by atoms with van der Waals surface area (Å²) < 4.78 is 13.0. The van der Waals surface area contributed by atoms with Crippen LogP contribution < -0.4 is 15.8 Å². The first-order valence-corrected chi connectivity index (χ1v) is 8.24. The van der Waals surface area contributed by atoms with Gasteiger partial charge in [0.1, 0.15) is 29.7 Å². The number of carbonyl (C=O) groups is 2. The largest absolute Gasteiger partial charge is 0.487 e. The third-order valence-corrected chi connectivity index (χ3v) is 4.05. The van der Waals surface area contributed by atoms with Crippen LogP contribution in [0.15, 0.2) is 34.9 Å². The molecule has 0 radical (unpaired) electrons. The Balaban J connectivity index is 1.85. The van der Waals surface area contributed by atoms with Gasteiger partial charge in [-0.3, -0.25) is 14.3 Å². The highest BCUT2D eigenvalue weighted by Crippen LogP contribution is 2.29. The van der Waals surface area contributed by atoms with Crippen molar-refractivity contribution in [2.45, 2.75) is 19.6 Å². The summed E-state index contributed by atoms with van der Waals surface area (Å²) >= 11 is 0. The smallest absolute Gasteiger partial charge is 0.256 e. The number of fused-ring (bicyclic) bond motifs is 1. The number of aliphatic hydroxyl groups is 1. The summed E-state index contributed by atoms with van der Waals surface area (Å²) in [6, 6.07) is 5.78. The van der Waals surface area contributed by atoms with Crippen LogP contribution in [-0.4, -0.2) is 39.4 Å². The van der Waals surface area contributed by atoms with Gasteiger partial charge >= 0.3 is 0 Å². The molecule has 0 fully saturated rings. The van der Waals surface area contributed by atoms with Gasteiger partial charge in [-0.15, -0.1) is 0 Å². The van der Waals surface area contributed by atoms with Gasteiger partial charge in [-0.25, -0.2) is 0 Å². The number of nitrogens with zero attached hydrogens (tertiary/aromatic N) is 2. The number of carbonyl (C=O) groups excluding carboxylic acids is 2. The number of nitrogens with one attached hydrogen (secondary N) is 1. The van der Waals surface area contributed by atoms with Crippen LogP contribution in [0.25, 0.3) is 11.0 Å². The number of aryl methyl sites for hydroxylation is 2. The molecule has 3 aromatic rings. The van der Waals surface area contributed by atoms with Crippen molar-refractivity contribution >= 4 is 22.8 Å². The van der Waals surface area contributed by atoms with Crippen molar-refractivity contribution in [2.75, 3.05) is 6.61 Å². The summed E-state index contributed by atoms with van der Waals surface area (Å²) in [5, 5.41) is 16.4. The van der Waals surface area contributed by atoms with Crippen LogP contribution >= 0.6 is 0 Å². The van der Waals surface area contributed by atoms with Crippen molar-refractivity contribution in [3.63, 3.8) is 0 Å². The van der Waals surface area contributed by atoms with Gasteiger partial charge in [-0.2, -0.15) is 5.10 Å². The number of aromatic nitrogens is 2. The fraction of sp³-hybridized carbons (Fsp3) is 0.278. The minimum Gasteiger partial charge on any atom is -0.487 e. The Bertz CT molecular complexity index is 991. The molecule has 142 valence electrons. The molecule has 2 amide bonds. The summed E-state index contributed by atoms with van der Waals surface area (Å²) in [6.45, 7) is 1.33. The van der Waals surface area contributed by atoms with Gasteiger partial charge in [0.05, 0.1) is 17.9 Å². The molecule has 9 heteroatoms. The standard InChI is InChI=1S/C18H20N4O5/c1-10-16(18(25)20-14(8-23)17(19)24)13-7-12(3-4-15(13)27-10)26-9-11-5-6-22(2)21-11/h3-7,14,23H,8-9H2,1-2H3,(H2,19,24)(H,20,25). The lowest BCUT2D eigenvalue weighted by Crippen LogP contribution is -2.46. The molecule has 0 saturated heterocycles. The lowest BCUT2D eigenvalue weighted by Gasteiger charge is -2.12. The Morgan fingerprint density at radius 2 is 2.19 bits per heavy atom. The molecule has 0 aliphatic heterocycles. The van der Waals surface area contributed by atoms with E-state index in [0.29, 0.717) is 22.5 Å². The summed E-state index contributed by atoms with van der Waals surface area (Å²) in [5.74, 6) is -0.469. The summed E-state index contributed by atoms with van der Waals surface area (Å²) in [7, 11) is 1.82. The number of benzene rings is 1. The molecule has 0 saturated carbocycles. The second kappa shape index (κ2) is 7.50. The molecule has 4 N–H and O–H groups in total. The van der Waals surface area contributed by atoms with E-state index in [2.05, 4.69) is 10.4 Å². The average molecular weight is 372 g/mol. The second-order valence-corrected chi connectivity index (χ2v) is 6.07. The normalized spacial score (nSPS) is 12.1. The first-order chi connectivity index (χ1) is 12.9. The molecule has 9 nitrogen and oxygen atoms in total. The van der Waals surface area contributed by atoms with Crippen LogP contribution in [0, 0.1) is 6.92 Å². The quantitative estimate of drug-likeness (QED) is 0.557. The molecular weight excluding hydrogens is 352 g/mol. The fourth-order valence-corrected chi connectivity index (χ4v) is 2.71. The molecule has 1 atom stereocenters. The molecule has 1 unspecified atom stereocenters. The Kier molecular flexibility index (Phi) is 5.13. The third-order valence-electron chi connectivity index (χ3n) is 4.05. The fourth-order valence-electron chi connectivity index (χ4n) is 2.71.